The Morgan fingerprint density at radius 1 is 0.526 bits per heavy atom. The van der Waals surface area contributed by atoms with Gasteiger partial charge < -0.3 is 61.3 Å². The molecular formula is C22H22O16. The number of carbonyl (C=O) groups is 4. The smallest absolute Gasteiger partial charge is 0.348 e. The number of carboxylic acid groups (broad SMARTS) is 2. The molecule has 0 aliphatic rings. The number of carbonyl (C=O) groups excluding carboxylic acids is 2. The SMILES string of the molecule is O=C(O)[C@@](O)(C(=O)C(O)(O)Cc1ccc(O)c(O)c1)[C@@](O)(C(=O)O)C(=O)C(O)(O)Cc1ccc(O)c(O)c1. The van der Waals surface area contributed by atoms with Gasteiger partial charge in [0, 0.05) is 12.8 Å². The van der Waals surface area contributed by atoms with Crippen molar-refractivity contribution in [3.05, 3.63) is 47.5 Å². The van der Waals surface area contributed by atoms with Gasteiger partial charge in [0.05, 0.1) is 0 Å². The van der Waals surface area contributed by atoms with E-state index in [0.29, 0.717) is 12.1 Å². The quantitative estimate of drug-likeness (QED) is 0.0742. The first kappa shape index (κ1) is 29.9. The minimum atomic E-state index is -4.98. The molecule has 12 N–H and O–H groups in total. The third-order valence-corrected chi connectivity index (χ3v) is 5.51. The zero-order valence-corrected chi connectivity index (χ0v) is 18.9. The molecule has 0 fully saturated rings. The van der Waals surface area contributed by atoms with Crippen molar-refractivity contribution < 1.29 is 80.5 Å². The van der Waals surface area contributed by atoms with Crippen LogP contribution in [-0.2, 0) is 32.0 Å². The van der Waals surface area contributed by atoms with Crippen molar-refractivity contribution in [3.63, 3.8) is 0 Å². The molecule has 2 atom stereocenters. The summed E-state index contributed by atoms with van der Waals surface area (Å²) < 4.78 is 0. The summed E-state index contributed by atoms with van der Waals surface area (Å²) in [5.74, 6) is -22.9. The summed E-state index contributed by atoms with van der Waals surface area (Å²) >= 11 is 0. The van der Waals surface area contributed by atoms with E-state index in [2.05, 4.69) is 0 Å². The summed E-state index contributed by atoms with van der Waals surface area (Å²) in [6.45, 7) is 0. The lowest BCUT2D eigenvalue weighted by Gasteiger charge is -2.39. The Bertz CT molecular complexity index is 1200. The second-order valence-electron chi connectivity index (χ2n) is 8.32. The van der Waals surface area contributed by atoms with Crippen LogP contribution in [0.15, 0.2) is 36.4 Å². The number of carboxylic acids is 2. The first-order valence-electron chi connectivity index (χ1n) is 10.1. The molecular weight excluding hydrogens is 520 g/mol. The number of benzene rings is 2. The predicted octanol–water partition coefficient (Wildman–Crippen LogP) is -3.57. The Morgan fingerprint density at radius 2 is 0.816 bits per heavy atom. The molecule has 0 aromatic heterocycles. The summed E-state index contributed by atoms with van der Waals surface area (Å²) in [4.78, 5) is 49.6. The van der Waals surface area contributed by atoms with E-state index in [9.17, 15) is 80.5 Å². The van der Waals surface area contributed by atoms with E-state index in [1.54, 1.807) is 0 Å². The van der Waals surface area contributed by atoms with Crippen LogP contribution in [0.4, 0.5) is 0 Å². The van der Waals surface area contributed by atoms with Gasteiger partial charge in [0.1, 0.15) is 0 Å². The largest absolute Gasteiger partial charge is 0.504 e. The van der Waals surface area contributed by atoms with Crippen molar-refractivity contribution in [2.45, 2.75) is 35.6 Å². The molecule has 0 bridgehead atoms. The standard InChI is InChI=1S/C22H22O16/c23-11-3-1-9(5-13(11)25)7-19(33,34)15(27)21(37,17(29)30)22(38,18(31)32)16(28)20(35,36)8-10-2-4-12(24)14(26)6-10/h1-6,23-26,33-38H,7-8H2,(H,29,30)(H,31,32)/t21-,22-/m0/s1. The third-order valence-electron chi connectivity index (χ3n) is 5.51. The van der Waals surface area contributed by atoms with E-state index in [-0.39, 0.29) is 0 Å². The lowest BCUT2D eigenvalue weighted by Crippen LogP contribution is -2.77. The van der Waals surface area contributed by atoms with Crippen LogP contribution in [0, 0.1) is 0 Å². The Morgan fingerprint density at radius 3 is 1.05 bits per heavy atom. The zero-order valence-electron chi connectivity index (χ0n) is 18.9. The first-order chi connectivity index (χ1) is 17.2. The van der Waals surface area contributed by atoms with Crippen LogP contribution in [0.1, 0.15) is 11.1 Å². The number of hydrogen-bond acceptors (Lipinski definition) is 14. The number of aromatic hydroxyl groups is 4. The minimum Gasteiger partial charge on any atom is -0.504 e. The number of rotatable bonds is 11. The fraction of sp³-hybridized carbons (Fsp3) is 0.273. The fourth-order valence-corrected chi connectivity index (χ4v) is 3.50. The van der Waals surface area contributed by atoms with Gasteiger partial charge in [0.2, 0.25) is 23.1 Å². The van der Waals surface area contributed by atoms with E-state index < -0.39 is 93.2 Å². The van der Waals surface area contributed by atoms with Gasteiger partial charge in [-0.1, -0.05) is 12.1 Å². The molecule has 2 aromatic carbocycles. The fourth-order valence-electron chi connectivity index (χ4n) is 3.50. The topological polar surface area (TPSA) is 311 Å². The molecule has 0 aliphatic carbocycles. The first-order valence-corrected chi connectivity index (χ1v) is 10.1. The van der Waals surface area contributed by atoms with Crippen LogP contribution in [0.2, 0.25) is 0 Å². The molecule has 2 rings (SSSR count). The number of ketones is 2. The molecule has 0 unspecified atom stereocenters. The number of aliphatic hydroxyl groups is 6. The van der Waals surface area contributed by atoms with Crippen LogP contribution < -0.4 is 0 Å². The number of aliphatic carboxylic acids is 2. The van der Waals surface area contributed by atoms with Crippen LogP contribution in [0.3, 0.4) is 0 Å². The van der Waals surface area contributed by atoms with Gasteiger partial charge in [-0.3, -0.25) is 9.59 Å². The average molecular weight is 542 g/mol. The van der Waals surface area contributed by atoms with Gasteiger partial charge in [-0.05, 0) is 35.4 Å². The van der Waals surface area contributed by atoms with Crippen molar-refractivity contribution in [2.75, 3.05) is 0 Å². The van der Waals surface area contributed by atoms with E-state index in [1.807, 2.05) is 0 Å². The summed E-state index contributed by atoms with van der Waals surface area (Å²) in [5, 5.41) is 119. The van der Waals surface area contributed by atoms with Gasteiger partial charge in [-0.25, -0.2) is 9.59 Å². The van der Waals surface area contributed by atoms with Crippen LogP contribution in [0.25, 0.3) is 0 Å². The summed E-state index contributed by atoms with van der Waals surface area (Å²) in [5.41, 5.74) is -10.8. The summed E-state index contributed by atoms with van der Waals surface area (Å²) in [6, 6.07) is 4.71. The molecule has 0 amide bonds. The highest BCUT2D eigenvalue weighted by Gasteiger charge is 2.75. The van der Waals surface area contributed by atoms with E-state index in [4.69, 9.17) is 0 Å². The van der Waals surface area contributed by atoms with Crippen molar-refractivity contribution in [2.24, 2.45) is 0 Å². The molecule has 206 valence electrons. The van der Waals surface area contributed by atoms with Crippen LogP contribution in [0.5, 0.6) is 23.0 Å². The third kappa shape index (κ3) is 5.07. The number of hydrogen-bond donors (Lipinski definition) is 12. The van der Waals surface area contributed by atoms with Gasteiger partial charge in [-0.2, -0.15) is 0 Å². The number of phenolic OH excluding ortho intramolecular Hbond substituents is 4. The predicted molar refractivity (Wildman–Crippen MR) is 116 cm³/mol. The maximum Gasteiger partial charge on any atom is 0.348 e. The van der Waals surface area contributed by atoms with Crippen LogP contribution >= 0.6 is 0 Å². The lowest BCUT2D eigenvalue weighted by molar-refractivity contribution is -0.241. The van der Waals surface area contributed by atoms with E-state index in [1.165, 1.54) is 0 Å². The van der Waals surface area contributed by atoms with Gasteiger partial charge >= 0.3 is 11.9 Å². The summed E-state index contributed by atoms with van der Waals surface area (Å²) in [7, 11) is 0. The molecule has 2 aromatic rings. The minimum absolute atomic E-state index is 0.414. The molecule has 0 aliphatic heterocycles. The highest BCUT2D eigenvalue weighted by Crippen LogP contribution is 2.36. The van der Waals surface area contributed by atoms with Crippen molar-refractivity contribution >= 4 is 23.5 Å². The highest BCUT2D eigenvalue weighted by molar-refractivity contribution is 6.24. The molecule has 0 saturated carbocycles. The molecule has 16 heteroatoms. The molecule has 38 heavy (non-hydrogen) atoms. The average Bonchev–Trinajstić information content (AvgIpc) is 2.81. The summed E-state index contributed by atoms with van der Waals surface area (Å²) in [6.07, 6.45) is -2.81. The van der Waals surface area contributed by atoms with Gasteiger partial charge in [-0.15, -0.1) is 0 Å². The Hall–Kier alpha value is -4.32. The molecule has 16 nitrogen and oxygen atoms in total. The van der Waals surface area contributed by atoms with E-state index in [0.717, 1.165) is 24.3 Å². The second kappa shape index (κ2) is 9.86. The maximum atomic E-state index is 12.9. The number of Topliss-reactive ketones (excluding diaryl/α,β-unsaturated/α-hetero) is 2. The van der Waals surface area contributed by atoms with Crippen LogP contribution in [-0.4, -0.2) is 108 Å². The Kier molecular flexibility index (Phi) is 7.76. The maximum absolute atomic E-state index is 12.9. The van der Waals surface area contributed by atoms with E-state index >= 15 is 0 Å². The van der Waals surface area contributed by atoms with Gasteiger partial charge in [0.25, 0.3) is 11.2 Å². The molecule has 0 spiro atoms. The van der Waals surface area contributed by atoms with Crippen molar-refractivity contribution in [1.29, 1.82) is 0 Å². The lowest BCUT2D eigenvalue weighted by atomic mass is 9.71. The second-order valence-corrected chi connectivity index (χ2v) is 8.32. The van der Waals surface area contributed by atoms with Gasteiger partial charge in [0.15, 0.2) is 23.0 Å². The monoisotopic (exact) mass is 542 g/mol. The van der Waals surface area contributed by atoms with Crippen molar-refractivity contribution in [3.8, 4) is 23.0 Å². The molecule has 0 heterocycles. The zero-order chi connectivity index (χ0) is 29.4. The molecule has 0 saturated heterocycles. The van der Waals surface area contributed by atoms with Crippen molar-refractivity contribution in [1.82, 2.24) is 0 Å². The molecule has 0 radical (unpaired) electrons. The normalized spacial score (nSPS) is 15.2. The highest BCUT2D eigenvalue weighted by atomic mass is 16.5. The Balaban J connectivity index is 2.60. The Labute approximate surface area is 210 Å². The number of phenols is 4.